The molecule has 0 unspecified atom stereocenters. The van der Waals surface area contributed by atoms with E-state index in [0.29, 0.717) is 25.3 Å². The van der Waals surface area contributed by atoms with Crippen LogP contribution in [0.4, 0.5) is 0 Å². The number of rotatable bonds is 8. The summed E-state index contributed by atoms with van der Waals surface area (Å²) < 4.78 is 29.7. The van der Waals surface area contributed by atoms with Gasteiger partial charge in [0.1, 0.15) is 5.75 Å². The normalized spacial score (nSPS) is 20.6. The zero-order chi connectivity index (χ0) is 20.0. The molecular weight excluding hydrogens is 378 g/mol. The molecule has 1 aliphatic heterocycles. The number of likely N-dealkylation sites (tertiary alicyclic amines) is 1. The molecule has 1 heterocycles. The van der Waals surface area contributed by atoms with Gasteiger partial charge in [0, 0.05) is 13.1 Å². The zero-order valence-corrected chi connectivity index (χ0v) is 16.4. The zero-order valence-electron chi connectivity index (χ0n) is 15.6. The molecule has 2 aromatic carbocycles. The van der Waals surface area contributed by atoms with Gasteiger partial charge in [0.05, 0.1) is 16.8 Å². The molecule has 0 amide bonds. The van der Waals surface area contributed by atoms with Crippen molar-refractivity contribution in [3.05, 3.63) is 60.2 Å². The third-order valence-corrected chi connectivity index (χ3v) is 6.90. The molecule has 28 heavy (non-hydrogen) atoms. The van der Waals surface area contributed by atoms with Gasteiger partial charge in [-0.05, 0) is 55.1 Å². The van der Waals surface area contributed by atoms with E-state index in [1.165, 1.54) is 29.8 Å². The van der Waals surface area contributed by atoms with E-state index in [-0.39, 0.29) is 16.6 Å². The Balaban J connectivity index is 1.51. The topological polar surface area (TPSA) is 83.9 Å². The Bertz CT molecular complexity index is 867. The quantitative estimate of drug-likeness (QED) is 0.678. The number of carbonyl (C=O) groups is 1. The van der Waals surface area contributed by atoms with Gasteiger partial charge in [-0.25, -0.2) is 8.42 Å². The van der Waals surface area contributed by atoms with Crippen molar-refractivity contribution in [3.63, 3.8) is 0 Å². The first-order valence-electron chi connectivity index (χ1n) is 9.35. The van der Waals surface area contributed by atoms with Crippen LogP contribution in [0.2, 0.25) is 0 Å². The van der Waals surface area contributed by atoms with Crippen LogP contribution in [0.25, 0.3) is 0 Å². The molecule has 0 radical (unpaired) electrons. The van der Waals surface area contributed by atoms with Gasteiger partial charge >= 0.3 is 0 Å². The number of hydrogen-bond acceptors (Lipinski definition) is 6. The summed E-state index contributed by atoms with van der Waals surface area (Å²) >= 11 is 0. The van der Waals surface area contributed by atoms with Gasteiger partial charge in [-0.15, -0.1) is 0 Å². The predicted octanol–water partition coefficient (Wildman–Crippen LogP) is 1.92. The fourth-order valence-electron chi connectivity index (χ4n) is 3.55. The maximum atomic E-state index is 12.5. The molecule has 1 N–H and O–H groups in total. The fourth-order valence-corrected chi connectivity index (χ4v) is 4.84. The number of β-amino-alcohol motifs (C(OH)–C–C–N with tert-alkyl or cyclic N) is 1. The standard InChI is InChI=1S/C21H25NO5S/c23-16-27-19-6-8-20(9-7-19)28(25,26)13-12-22-11-10-18(21(24)15-22)14-17-4-2-1-3-5-17/h1-9,16,18,21,24H,10-15H2/t18-,21-/m1/s1. The van der Waals surface area contributed by atoms with Crippen LogP contribution in [-0.4, -0.2) is 56.4 Å². The second-order valence-electron chi connectivity index (χ2n) is 7.11. The molecule has 0 aliphatic carbocycles. The molecule has 2 aromatic rings. The Morgan fingerprint density at radius 1 is 1.11 bits per heavy atom. The lowest BCUT2D eigenvalue weighted by Gasteiger charge is -2.36. The Morgan fingerprint density at radius 3 is 2.46 bits per heavy atom. The van der Waals surface area contributed by atoms with Crippen LogP contribution in [0.15, 0.2) is 59.5 Å². The van der Waals surface area contributed by atoms with E-state index in [4.69, 9.17) is 0 Å². The van der Waals surface area contributed by atoms with Crippen molar-refractivity contribution >= 4 is 16.3 Å². The second kappa shape index (κ2) is 9.32. The third kappa shape index (κ3) is 5.41. The van der Waals surface area contributed by atoms with Gasteiger partial charge in [-0.2, -0.15) is 0 Å². The summed E-state index contributed by atoms with van der Waals surface area (Å²) in [4.78, 5) is 12.5. The van der Waals surface area contributed by atoms with Crippen LogP contribution in [0.5, 0.6) is 5.75 Å². The first-order valence-corrected chi connectivity index (χ1v) is 11.0. The van der Waals surface area contributed by atoms with E-state index in [9.17, 15) is 18.3 Å². The van der Waals surface area contributed by atoms with E-state index >= 15 is 0 Å². The predicted molar refractivity (Wildman–Crippen MR) is 106 cm³/mol. The summed E-state index contributed by atoms with van der Waals surface area (Å²) in [6, 6.07) is 15.9. The summed E-state index contributed by atoms with van der Waals surface area (Å²) in [7, 11) is -3.44. The first-order chi connectivity index (χ1) is 13.5. The van der Waals surface area contributed by atoms with Crippen LogP contribution >= 0.6 is 0 Å². The Kier molecular flexibility index (Phi) is 6.83. The van der Waals surface area contributed by atoms with Gasteiger partial charge in [0.25, 0.3) is 6.47 Å². The van der Waals surface area contributed by atoms with Gasteiger partial charge in [-0.3, -0.25) is 9.69 Å². The lowest BCUT2D eigenvalue weighted by Crippen LogP contribution is -2.46. The van der Waals surface area contributed by atoms with E-state index in [1.807, 2.05) is 23.1 Å². The van der Waals surface area contributed by atoms with E-state index in [2.05, 4.69) is 16.9 Å². The molecule has 1 fully saturated rings. The van der Waals surface area contributed by atoms with Crippen LogP contribution < -0.4 is 4.74 Å². The lowest BCUT2D eigenvalue weighted by molar-refractivity contribution is -0.120. The number of carbonyl (C=O) groups excluding carboxylic acids is 1. The number of ether oxygens (including phenoxy) is 1. The Hall–Kier alpha value is -2.22. The van der Waals surface area contributed by atoms with Gasteiger partial charge in [0.2, 0.25) is 0 Å². The summed E-state index contributed by atoms with van der Waals surface area (Å²) in [6.45, 7) is 1.94. The summed E-state index contributed by atoms with van der Waals surface area (Å²) in [5, 5.41) is 10.5. The smallest absolute Gasteiger partial charge is 0.298 e. The van der Waals surface area contributed by atoms with Crippen molar-refractivity contribution in [1.29, 1.82) is 0 Å². The maximum absolute atomic E-state index is 12.5. The number of nitrogens with zero attached hydrogens (tertiary/aromatic N) is 1. The largest absolute Gasteiger partial charge is 0.429 e. The molecule has 0 saturated carbocycles. The van der Waals surface area contributed by atoms with Crippen molar-refractivity contribution in [2.24, 2.45) is 5.92 Å². The van der Waals surface area contributed by atoms with E-state index < -0.39 is 15.9 Å². The number of benzene rings is 2. The van der Waals surface area contributed by atoms with Crippen LogP contribution in [0.3, 0.4) is 0 Å². The fraction of sp³-hybridized carbons (Fsp3) is 0.381. The minimum absolute atomic E-state index is 0.0169. The number of sulfone groups is 1. The van der Waals surface area contributed by atoms with E-state index in [0.717, 1.165) is 19.4 Å². The molecular formula is C21H25NO5S. The number of hydrogen-bond donors (Lipinski definition) is 1. The van der Waals surface area contributed by atoms with Crippen LogP contribution in [-0.2, 0) is 21.1 Å². The second-order valence-corrected chi connectivity index (χ2v) is 9.22. The van der Waals surface area contributed by atoms with Gasteiger partial charge < -0.3 is 9.84 Å². The number of aliphatic hydroxyl groups is 1. The highest BCUT2D eigenvalue weighted by molar-refractivity contribution is 7.91. The molecule has 2 atom stereocenters. The average Bonchev–Trinajstić information content (AvgIpc) is 2.70. The molecule has 7 heteroatoms. The van der Waals surface area contributed by atoms with Crippen molar-refractivity contribution in [3.8, 4) is 5.75 Å². The van der Waals surface area contributed by atoms with Crippen molar-refractivity contribution in [2.45, 2.75) is 23.8 Å². The SMILES string of the molecule is O=COc1ccc(S(=O)(=O)CCN2CC[C@H](Cc3ccccc3)[C@H](O)C2)cc1. The number of piperidine rings is 1. The summed E-state index contributed by atoms with van der Waals surface area (Å²) in [5.41, 5.74) is 1.21. The Morgan fingerprint density at radius 2 is 1.82 bits per heavy atom. The highest BCUT2D eigenvalue weighted by Gasteiger charge is 2.28. The minimum Gasteiger partial charge on any atom is -0.429 e. The molecule has 1 saturated heterocycles. The van der Waals surface area contributed by atoms with Crippen molar-refractivity contribution in [2.75, 3.05) is 25.4 Å². The molecule has 3 rings (SSSR count). The number of aliphatic hydroxyl groups excluding tert-OH is 1. The lowest BCUT2D eigenvalue weighted by atomic mass is 9.88. The third-order valence-electron chi connectivity index (χ3n) is 5.19. The van der Waals surface area contributed by atoms with Crippen molar-refractivity contribution in [1.82, 2.24) is 4.90 Å². The molecule has 6 nitrogen and oxygen atoms in total. The average molecular weight is 404 g/mol. The highest BCUT2D eigenvalue weighted by atomic mass is 32.2. The minimum atomic E-state index is -3.44. The van der Waals surface area contributed by atoms with E-state index in [1.54, 1.807) is 0 Å². The monoisotopic (exact) mass is 403 g/mol. The highest BCUT2D eigenvalue weighted by Crippen LogP contribution is 2.23. The molecule has 150 valence electrons. The molecule has 0 bridgehead atoms. The van der Waals surface area contributed by atoms with Gasteiger partial charge in [0.15, 0.2) is 9.84 Å². The molecule has 1 aliphatic rings. The molecule has 0 spiro atoms. The summed E-state index contributed by atoms with van der Waals surface area (Å²) in [6.07, 6.45) is 1.22. The maximum Gasteiger partial charge on any atom is 0.298 e. The van der Waals surface area contributed by atoms with Crippen LogP contribution in [0, 0.1) is 5.92 Å². The van der Waals surface area contributed by atoms with Gasteiger partial charge in [-0.1, -0.05) is 30.3 Å². The Labute approximate surface area is 165 Å². The first kappa shape index (κ1) is 20.5. The van der Waals surface area contributed by atoms with Crippen LogP contribution in [0.1, 0.15) is 12.0 Å². The molecule has 0 aromatic heterocycles. The van der Waals surface area contributed by atoms with Crippen molar-refractivity contribution < 1.29 is 23.1 Å². The summed E-state index contributed by atoms with van der Waals surface area (Å²) in [5.74, 6) is 0.481.